The highest BCUT2D eigenvalue weighted by molar-refractivity contribution is 5.88. The number of hydrogen-bond donors (Lipinski definition) is 1. The molecule has 0 fully saturated rings. The molecule has 3 aromatic rings. The summed E-state index contributed by atoms with van der Waals surface area (Å²) in [4.78, 5) is 28.7. The van der Waals surface area contributed by atoms with Gasteiger partial charge in [0.25, 0.3) is 0 Å². The number of ether oxygens (including phenoxy) is 2. The van der Waals surface area contributed by atoms with Crippen LogP contribution in [0.4, 0.5) is 4.39 Å². The second-order valence-electron chi connectivity index (χ2n) is 9.49. The summed E-state index contributed by atoms with van der Waals surface area (Å²) in [7, 11) is 0. The van der Waals surface area contributed by atoms with Gasteiger partial charge in [-0.1, -0.05) is 48.5 Å². The third-order valence-electron chi connectivity index (χ3n) is 6.20. The Hall–Kier alpha value is -3.87. The largest absolute Gasteiger partial charge is 0.486 e. The lowest BCUT2D eigenvalue weighted by atomic mass is 10.0. The van der Waals surface area contributed by atoms with E-state index in [-0.39, 0.29) is 36.6 Å². The Kier molecular flexibility index (Phi) is 8.77. The van der Waals surface area contributed by atoms with Crippen LogP contribution in [0.2, 0.25) is 0 Å². The molecule has 0 saturated carbocycles. The Morgan fingerprint density at radius 2 is 1.57 bits per heavy atom. The lowest BCUT2D eigenvalue weighted by molar-refractivity contribution is -0.141. The predicted molar refractivity (Wildman–Crippen MR) is 140 cm³/mol. The molecule has 37 heavy (non-hydrogen) atoms. The summed E-state index contributed by atoms with van der Waals surface area (Å²) < 4.78 is 24.8. The second kappa shape index (κ2) is 12.4. The smallest absolute Gasteiger partial charge is 0.243 e. The molecule has 4 rings (SSSR count). The van der Waals surface area contributed by atoms with Gasteiger partial charge in [0.05, 0.1) is 0 Å². The molecule has 1 aliphatic heterocycles. The number of amides is 2. The number of nitrogens with one attached hydrogen (secondary N) is 1. The minimum absolute atomic E-state index is 0.0775. The maximum atomic E-state index is 13.7. The zero-order valence-electron chi connectivity index (χ0n) is 21.3. The quantitative estimate of drug-likeness (QED) is 0.435. The SMILES string of the molecule is CC(C)NC(=O)[C@@H](Cc1ccccc1)N(Cc1ccc(F)cc1)C(=O)CCc1ccc2c(c1)OCCO2. The van der Waals surface area contributed by atoms with Crippen molar-refractivity contribution >= 4 is 11.8 Å². The van der Waals surface area contributed by atoms with Gasteiger partial charge in [0.15, 0.2) is 11.5 Å². The highest BCUT2D eigenvalue weighted by atomic mass is 19.1. The second-order valence-corrected chi connectivity index (χ2v) is 9.49. The molecule has 2 amide bonds. The Morgan fingerprint density at radius 3 is 2.27 bits per heavy atom. The zero-order valence-corrected chi connectivity index (χ0v) is 21.3. The lowest BCUT2D eigenvalue weighted by Crippen LogP contribution is -2.51. The number of fused-ring (bicyclic) bond motifs is 1. The molecule has 1 atom stereocenters. The molecule has 0 radical (unpaired) electrons. The van der Waals surface area contributed by atoms with E-state index in [2.05, 4.69) is 5.32 Å². The lowest BCUT2D eigenvalue weighted by Gasteiger charge is -2.32. The maximum Gasteiger partial charge on any atom is 0.243 e. The Morgan fingerprint density at radius 1 is 0.892 bits per heavy atom. The minimum atomic E-state index is -0.720. The summed E-state index contributed by atoms with van der Waals surface area (Å²) in [6, 6.07) is 20.6. The van der Waals surface area contributed by atoms with Gasteiger partial charge in [-0.3, -0.25) is 9.59 Å². The van der Waals surface area contributed by atoms with Crippen LogP contribution in [0.3, 0.4) is 0 Å². The van der Waals surface area contributed by atoms with Crippen LogP contribution in [0.15, 0.2) is 72.8 Å². The normalized spacial score (nSPS) is 13.2. The molecule has 0 bridgehead atoms. The average Bonchev–Trinajstić information content (AvgIpc) is 2.90. The van der Waals surface area contributed by atoms with Gasteiger partial charge in [-0.2, -0.15) is 0 Å². The molecule has 3 aromatic carbocycles. The minimum Gasteiger partial charge on any atom is -0.486 e. The highest BCUT2D eigenvalue weighted by Gasteiger charge is 2.30. The molecule has 0 saturated heterocycles. The van der Waals surface area contributed by atoms with Gasteiger partial charge in [-0.25, -0.2) is 4.39 Å². The van der Waals surface area contributed by atoms with Gasteiger partial charge in [0.1, 0.15) is 25.1 Å². The summed E-state index contributed by atoms with van der Waals surface area (Å²) in [6.45, 7) is 5.00. The fraction of sp³-hybridized carbons (Fsp3) is 0.333. The molecule has 194 valence electrons. The number of carbonyl (C=O) groups excluding carboxylic acids is 2. The van der Waals surface area contributed by atoms with Gasteiger partial charge in [-0.15, -0.1) is 0 Å². The van der Waals surface area contributed by atoms with Crippen molar-refractivity contribution in [3.8, 4) is 11.5 Å². The van der Waals surface area contributed by atoms with E-state index in [4.69, 9.17) is 9.47 Å². The van der Waals surface area contributed by atoms with E-state index in [9.17, 15) is 14.0 Å². The molecule has 1 aliphatic rings. The van der Waals surface area contributed by atoms with Crippen LogP contribution in [0.25, 0.3) is 0 Å². The van der Waals surface area contributed by atoms with Gasteiger partial charge < -0.3 is 19.7 Å². The van der Waals surface area contributed by atoms with Crippen LogP contribution in [-0.4, -0.2) is 42.0 Å². The van der Waals surface area contributed by atoms with Crippen molar-refractivity contribution in [3.63, 3.8) is 0 Å². The van der Waals surface area contributed by atoms with E-state index in [0.29, 0.717) is 37.6 Å². The number of nitrogens with zero attached hydrogens (tertiary/aromatic N) is 1. The summed E-state index contributed by atoms with van der Waals surface area (Å²) >= 11 is 0. The van der Waals surface area contributed by atoms with E-state index in [1.165, 1.54) is 12.1 Å². The topological polar surface area (TPSA) is 67.9 Å². The van der Waals surface area contributed by atoms with Crippen molar-refractivity contribution in [3.05, 3.63) is 95.3 Å². The van der Waals surface area contributed by atoms with Crippen LogP contribution in [-0.2, 0) is 29.0 Å². The van der Waals surface area contributed by atoms with E-state index < -0.39 is 6.04 Å². The average molecular weight is 505 g/mol. The van der Waals surface area contributed by atoms with Gasteiger partial charge in [-0.05, 0) is 61.2 Å². The molecular weight excluding hydrogens is 471 g/mol. The van der Waals surface area contributed by atoms with Gasteiger partial charge in [0.2, 0.25) is 11.8 Å². The number of aryl methyl sites for hydroxylation is 1. The number of benzene rings is 3. The van der Waals surface area contributed by atoms with Crippen LogP contribution in [0.1, 0.15) is 37.0 Å². The molecule has 0 unspecified atom stereocenters. The monoisotopic (exact) mass is 504 g/mol. The molecule has 0 spiro atoms. The van der Waals surface area contributed by atoms with E-state index in [0.717, 1.165) is 16.7 Å². The standard InChI is InChI=1S/C30H33FN2O4/c1-21(2)32-30(35)26(18-22-6-4-3-5-7-22)33(20-24-8-12-25(31)13-9-24)29(34)15-11-23-10-14-27-28(19-23)37-17-16-36-27/h3-10,12-14,19,21,26H,11,15-18,20H2,1-2H3,(H,32,35)/t26-/m1/s1. The third-order valence-corrected chi connectivity index (χ3v) is 6.20. The zero-order chi connectivity index (χ0) is 26.2. The van der Waals surface area contributed by atoms with Crippen molar-refractivity contribution < 1.29 is 23.5 Å². The van der Waals surface area contributed by atoms with Crippen molar-refractivity contribution in [1.82, 2.24) is 10.2 Å². The summed E-state index contributed by atoms with van der Waals surface area (Å²) in [5.41, 5.74) is 2.66. The number of carbonyl (C=O) groups is 2. The molecule has 1 N–H and O–H groups in total. The Bertz CT molecular complexity index is 1200. The molecular formula is C30H33FN2O4. The highest BCUT2D eigenvalue weighted by Crippen LogP contribution is 2.31. The van der Waals surface area contributed by atoms with E-state index in [1.807, 2.05) is 62.4 Å². The fourth-order valence-corrected chi connectivity index (χ4v) is 4.36. The number of hydrogen-bond acceptors (Lipinski definition) is 4. The van der Waals surface area contributed by atoms with Crippen molar-refractivity contribution in [2.75, 3.05) is 13.2 Å². The predicted octanol–water partition coefficient (Wildman–Crippen LogP) is 4.69. The first-order chi connectivity index (χ1) is 17.9. The van der Waals surface area contributed by atoms with Crippen molar-refractivity contribution in [2.45, 2.75) is 51.7 Å². The molecule has 6 nitrogen and oxygen atoms in total. The molecule has 0 aliphatic carbocycles. The Labute approximate surface area is 217 Å². The van der Waals surface area contributed by atoms with Crippen LogP contribution >= 0.6 is 0 Å². The van der Waals surface area contributed by atoms with Crippen LogP contribution in [0.5, 0.6) is 11.5 Å². The molecule has 0 aromatic heterocycles. The first kappa shape index (κ1) is 26.2. The summed E-state index contributed by atoms with van der Waals surface area (Å²) in [6.07, 6.45) is 1.07. The van der Waals surface area contributed by atoms with E-state index >= 15 is 0 Å². The summed E-state index contributed by atoms with van der Waals surface area (Å²) in [5.74, 6) is 0.663. The number of halogens is 1. The van der Waals surface area contributed by atoms with Crippen LogP contribution in [0, 0.1) is 5.82 Å². The first-order valence-electron chi connectivity index (χ1n) is 12.7. The Balaban J connectivity index is 1.58. The fourth-order valence-electron chi connectivity index (χ4n) is 4.36. The molecule has 1 heterocycles. The third kappa shape index (κ3) is 7.32. The molecule has 7 heteroatoms. The van der Waals surface area contributed by atoms with Crippen LogP contribution < -0.4 is 14.8 Å². The van der Waals surface area contributed by atoms with E-state index in [1.54, 1.807) is 17.0 Å². The first-order valence-corrected chi connectivity index (χ1v) is 12.7. The summed E-state index contributed by atoms with van der Waals surface area (Å²) in [5, 5.41) is 2.98. The number of rotatable bonds is 10. The maximum absolute atomic E-state index is 13.7. The van der Waals surface area contributed by atoms with Crippen molar-refractivity contribution in [1.29, 1.82) is 0 Å². The van der Waals surface area contributed by atoms with Gasteiger partial charge >= 0.3 is 0 Å². The van der Waals surface area contributed by atoms with Gasteiger partial charge in [0, 0.05) is 25.4 Å². The van der Waals surface area contributed by atoms with Crippen molar-refractivity contribution in [2.24, 2.45) is 0 Å².